The van der Waals surface area contributed by atoms with Crippen LogP contribution in [0.2, 0.25) is 0 Å². The van der Waals surface area contributed by atoms with Crippen LogP contribution in [0.5, 0.6) is 5.75 Å². The summed E-state index contributed by atoms with van der Waals surface area (Å²) in [4.78, 5) is 16.8. The molecule has 0 aliphatic carbocycles. The van der Waals surface area contributed by atoms with Crippen molar-refractivity contribution in [1.82, 2.24) is 4.98 Å². The number of nitrogen functional groups attached to an aromatic ring is 1. The predicted molar refractivity (Wildman–Crippen MR) is 113 cm³/mol. The molecular weight excluding hydrogens is 373 g/mol. The summed E-state index contributed by atoms with van der Waals surface area (Å²) in [7, 11) is 1.56. The number of methoxy groups -OCH3 is 1. The lowest BCUT2D eigenvalue weighted by atomic mass is 10.1. The summed E-state index contributed by atoms with van der Waals surface area (Å²) in [5.74, 6) is -0.942. The van der Waals surface area contributed by atoms with Gasteiger partial charge in [0.25, 0.3) is 5.91 Å². The van der Waals surface area contributed by atoms with Gasteiger partial charge in [0.2, 0.25) is 0 Å². The highest BCUT2D eigenvalue weighted by Crippen LogP contribution is 2.26. The Morgan fingerprint density at radius 1 is 1.24 bits per heavy atom. The Bertz CT molecular complexity index is 827. The number of nitrogens with two attached hydrogens (primary N) is 1. The SMILES string of the molecule is CCCCCCCOc1cccc(NC(=O)c2cc(C)c(COC)nc2N)c1F. The van der Waals surface area contributed by atoms with Crippen molar-refractivity contribution in [2.75, 3.05) is 24.8 Å². The fourth-order valence-corrected chi connectivity index (χ4v) is 2.93. The maximum absolute atomic E-state index is 14.7. The lowest BCUT2D eigenvalue weighted by Crippen LogP contribution is -2.17. The molecule has 158 valence electrons. The van der Waals surface area contributed by atoms with Crippen LogP contribution in [-0.4, -0.2) is 24.6 Å². The molecule has 7 heteroatoms. The topological polar surface area (TPSA) is 86.5 Å². The first-order valence-corrected chi connectivity index (χ1v) is 9.95. The van der Waals surface area contributed by atoms with Crippen LogP contribution in [0.3, 0.4) is 0 Å². The summed E-state index contributed by atoms with van der Waals surface area (Å²) in [5, 5.41) is 2.56. The van der Waals surface area contributed by atoms with Gasteiger partial charge in [-0.25, -0.2) is 9.37 Å². The van der Waals surface area contributed by atoms with Gasteiger partial charge in [-0.2, -0.15) is 0 Å². The van der Waals surface area contributed by atoms with Gasteiger partial charge in [0.05, 0.1) is 30.2 Å². The molecule has 0 bridgehead atoms. The Morgan fingerprint density at radius 2 is 2.00 bits per heavy atom. The van der Waals surface area contributed by atoms with Gasteiger partial charge in [-0.05, 0) is 37.1 Å². The Labute approximate surface area is 171 Å². The standard InChI is InChI=1S/C22H30FN3O3/c1-4-5-6-7-8-12-29-19-11-9-10-17(20(19)23)26-22(27)16-13-15(2)18(14-28-3)25-21(16)24/h9-11,13H,4-8,12,14H2,1-3H3,(H2,24,25)(H,26,27). The van der Waals surface area contributed by atoms with Gasteiger partial charge in [0.1, 0.15) is 5.82 Å². The number of hydrogen-bond donors (Lipinski definition) is 2. The lowest BCUT2D eigenvalue weighted by molar-refractivity contribution is 0.102. The first kappa shape index (κ1) is 22.6. The van der Waals surface area contributed by atoms with Crippen molar-refractivity contribution in [3.8, 4) is 5.75 Å². The van der Waals surface area contributed by atoms with Crippen molar-refractivity contribution in [3.05, 3.63) is 46.9 Å². The van der Waals surface area contributed by atoms with E-state index in [0.717, 1.165) is 24.8 Å². The minimum absolute atomic E-state index is 0.0384. The maximum atomic E-state index is 14.7. The van der Waals surface area contributed by atoms with E-state index in [4.69, 9.17) is 15.2 Å². The van der Waals surface area contributed by atoms with E-state index < -0.39 is 11.7 Å². The van der Waals surface area contributed by atoms with E-state index in [2.05, 4.69) is 17.2 Å². The predicted octanol–water partition coefficient (Wildman–Crippen LogP) is 4.86. The van der Waals surface area contributed by atoms with Crippen LogP contribution in [0, 0.1) is 12.7 Å². The molecule has 3 N–H and O–H groups in total. The number of aryl methyl sites for hydroxylation is 1. The van der Waals surface area contributed by atoms with E-state index in [1.54, 1.807) is 25.3 Å². The zero-order chi connectivity index (χ0) is 21.2. The zero-order valence-corrected chi connectivity index (χ0v) is 17.4. The molecule has 0 atom stereocenters. The third-order valence-electron chi connectivity index (χ3n) is 4.59. The second kappa shape index (κ2) is 11.4. The molecule has 0 fully saturated rings. The molecule has 1 aromatic carbocycles. The number of rotatable bonds is 11. The monoisotopic (exact) mass is 403 g/mol. The number of hydrogen-bond acceptors (Lipinski definition) is 5. The molecule has 1 heterocycles. The number of halogens is 1. The van der Waals surface area contributed by atoms with E-state index in [9.17, 15) is 9.18 Å². The number of pyridine rings is 1. The van der Waals surface area contributed by atoms with Gasteiger partial charge in [-0.1, -0.05) is 38.7 Å². The fraction of sp³-hybridized carbons (Fsp3) is 0.455. The summed E-state index contributed by atoms with van der Waals surface area (Å²) in [6, 6.07) is 6.30. The third kappa shape index (κ3) is 6.42. The number of aromatic nitrogens is 1. The van der Waals surface area contributed by atoms with Gasteiger partial charge in [-0.3, -0.25) is 4.79 Å². The van der Waals surface area contributed by atoms with Crippen molar-refractivity contribution < 1.29 is 18.7 Å². The number of anilines is 2. The highest BCUT2D eigenvalue weighted by molar-refractivity contribution is 6.07. The second-order valence-electron chi connectivity index (χ2n) is 6.95. The van der Waals surface area contributed by atoms with Gasteiger partial charge < -0.3 is 20.5 Å². The van der Waals surface area contributed by atoms with Crippen LogP contribution in [-0.2, 0) is 11.3 Å². The third-order valence-corrected chi connectivity index (χ3v) is 4.59. The number of unbranched alkanes of at least 4 members (excludes halogenated alkanes) is 4. The van der Waals surface area contributed by atoms with E-state index >= 15 is 0 Å². The number of ether oxygens (including phenoxy) is 2. The van der Waals surface area contributed by atoms with Crippen molar-refractivity contribution >= 4 is 17.4 Å². The molecule has 0 aliphatic heterocycles. The smallest absolute Gasteiger partial charge is 0.259 e. The summed E-state index contributed by atoms with van der Waals surface area (Å²) in [6.07, 6.45) is 5.43. The summed E-state index contributed by atoms with van der Waals surface area (Å²) >= 11 is 0. The molecule has 0 saturated heterocycles. The number of nitrogens with one attached hydrogen (secondary N) is 1. The first-order chi connectivity index (χ1) is 14.0. The average molecular weight is 403 g/mol. The van der Waals surface area contributed by atoms with Crippen LogP contribution in [0.4, 0.5) is 15.9 Å². The van der Waals surface area contributed by atoms with Gasteiger partial charge >= 0.3 is 0 Å². The van der Waals surface area contributed by atoms with Crippen LogP contribution in [0.1, 0.15) is 60.6 Å². The van der Waals surface area contributed by atoms with Gasteiger partial charge in [-0.15, -0.1) is 0 Å². The average Bonchev–Trinajstić information content (AvgIpc) is 2.69. The minimum Gasteiger partial charge on any atom is -0.490 e. The van der Waals surface area contributed by atoms with Crippen molar-refractivity contribution in [3.63, 3.8) is 0 Å². The quantitative estimate of drug-likeness (QED) is 0.523. The number of amides is 1. The highest BCUT2D eigenvalue weighted by atomic mass is 19.1. The second-order valence-corrected chi connectivity index (χ2v) is 6.95. The van der Waals surface area contributed by atoms with E-state index in [1.165, 1.54) is 18.9 Å². The molecule has 0 unspecified atom stereocenters. The molecule has 0 aliphatic rings. The molecule has 0 spiro atoms. The molecule has 1 amide bonds. The number of carbonyl (C=O) groups excluding carboxylic acids is 1. The maximum Gasteiger partial charge on any atom is 0.259 e. The Hall–Kier alpha value is -2.67. The van der Waals surface area contributed by atoms with Crippen molar-refractivity contribution in [2.45, 2.75) is 52.6 Å². The first-order valence-electron chi connectivity index (χ1n) is 9.95. The minimum atomic E-state index is -0.603. The lowest BCUT2D eigenvalue weighted by Gasteiger charge is -2.13. The number of nitrogens with zero attached hydrogens (tertiary/aromatic N) is 1. The van der Waals surface area contributed by atoms with Crippen molar-refractivity contribution in [2.24, 2.45) is 0 Å². The van der Waals surface area contributed by atoms with Gasteiger partial charge in [0.15, 0.2) is 11.6 Å². The molecule has 29 heavy (non-hydrogen) atoms. The van der Waals surface area contributed by atoms with E-state index in [-0.39, 0.29) is 22.8 Å². The van der Waals surface area contributed by atoms with E-state index in [0.29, 0.717) is 18.9 Å². The molecule has 0 radical (unpaired) electrons. The molecule has 2 rings (SSSR count). The molecule has 6 nitrogen and oxygen atoms in total. The Morgan fingerprint density at radius 3 is 2.72 bits per heavy atom. The zero-order valence-electron chi connectivity index (χ0n) is 17.4. The largest absolute Gasteiger partial charge is 0.490 e. The Kier molecular flexibility index (Phi) is 8.86. The van der Waals surface area contributed by atoms with Crippen LogP contribution < -0.4 is 15.8 Å². The van der Waals surface area contributed by atoms with E-state index in [1.807, 2.05) is 6.92 Å². The molecule has 0 saturated carbocycles. The number of carbonyl (C=O) groups is 1. The molecule has 2 aromatic rings. The summed E-state index contributed by atoms with van der Waals surface area (Å²) in [6.45, 7) is 4.71. The highest BCUT2D eigenvalue weighted by Gasteiger charge is 2.17. The number of benzene rings is 1. The van der Waals surface area contributed by atoms with Crippen LogP contribution >= 0.6 is 0 Å². The molecule has 1 aromatic heterocycles. The van der Waals surface area contributed by atoms with Crippen LogP contribution in [0.15, 0.2) is 24.3 Å². The summed E-state index contributed by atoms with van der Waals surface area (Å²) in [5.41, 5.74) is 7.56. The normalized spacial score (nSPS) is 10.8. The Balaban J connectivity index is 2.04. The fourth-order valence-electron chi connectivity index (χ4n) is 2.93. The van der Waals surface area contributed by atoms with Crippen molar-refractivity contribution in [1.29, 1.82) is 0 Å². The van der Waals surface area contributed by atoms with Crippen LogP contribution in [0.25, 0.3) is 0 Å². The van der Waals surface area contributed by atoms with Gasteiger partial charge in [0, 0.05) is 7.11 Å². The summed E-state index contributed by atoms with van der Waals surface area (Å²) < 4.78 is 25.3. The molecular formula is C22H30FN3O3.